The fraction of sp³-hybridized carbons (Fsp3) is 0.571. The number of rotatable bonds is 2. The van der Waals surface area contributed by atoms with Gasteiger partial charge in [-0.1, -0.05) is 0 Å². The van der Waals surface area contributed by atoms with Crippen molar-refractivity contribution in [1.29, 1.82) is 0 Å². The number of nitrogens with zero attached hydrogens (tertiary/aromatic N) is 1. The van der Waals surface area contributed by atoms with Gasteiger partial charge in [0.15, 0.2) is 0 Å². The predicted molar refractivity (Wildman–Crippen MR) is 67.9 cm³/mol. The van der Waals surface area contributed by atoms with Gasteiger partial charge in [0.25, 0.3) is 0 Å². The summed E-state index contributed by atoms with van der Waals surface area (Å²) in [5.74, 6) is 0.639. The van der Waals surface area contributed by atoms with E-state index in [9.17, 15) is 9.50 Å². The molecule has 2 saturated heterocycles. The summed E-state index contributed by atoms with van der Waals surface area (Å²) >= 11 is 0. The minimum Gasteiger partial charge on any atom is -0.508 e. The first kappa shape index (κ1) is 11.9. The number of phenolic OH excluding ortho intramolecular Hbond substituents is 1. The second-order valence-corrected chi connectivity index (χ2v) is 5.37. The van der Waals surface area contributed by atoms with Crippen LogP contribution in [0, 0.1) is 11.7 Å². The van der Waals surface area contributed by atoms with Crippen LogP contribution in [0.15, 0.2) is 18.2 Å². The quantitative estimate of drug-likeness (QED) is 0.839. The highest BCUT2D eigenvalue weighted by atomic mass is 19.1. The number of hydrogen-bond acceptors (Lipinski definition) is 3. The predicted octanol–water partition coefficient (Wildman–Crippen LogP) is 1.72. The lowest BCUT2D eigenvalue weighted by Crippen LogP contribution is -2.44. The molecule has 0 aromatic heterocycles. The molecule has 2 heterocycles. The molecule has 98 valence electrons. The Morgan fingerprint density at radius 3 is 3.17 bits per heavy atom. The SMILES string of the molecule is Oc1ccc(F)cc1CN1CCCC2CNCC21. The van der Waals surface area contributed by atoms with Gasteiger partial charge in [-0.2, -0.15) is 0 Å². The van der Waals surface area contributed by atoms with Gasteiger partial charge in [0, 0.05) is 24.7 Å². The van der Waals surface area contributed by atoms with E-state index in [4.69, 9.17) is 0 Å². The zero-order valence-corrected chi connectivity index (χ0v) is 10.4. The minimum absolute atomic E-state index is 0.199. The van der Waals surface area contributed by atoms with Crippen molar-refractivity contribution >= 4 is 0 Å². The van der Waals surface area contributed by atoms with E-state index in [0.29, 0.717) is 18.2 Å². The van der Waals surface area contributed by atoms with Gasteiger partial charge in [0.1, 0.15) is 11.6 Å². The Bertz CT molecular complexity index is 438. The lowest BCUT2D eigenvalue weighted by atomic mass is 9.91. The van der Waals surface area contributed by atoms with Gasteiger partial charge in [-0.3, -0.25) is 4.90 Å². The fourth-order valence-corrected chi connectivity index (χ4v) is 3.26. The summed E-state index contributed by atoms with van der Waals surface area (Å²) in [5.41, 5.74) is 0.697. The third-order valence-corrected chi connectivity index (χ3v) is 4.21. The maximum atomic E-state index is 13.2. The summed E-state index contributed by atoms with van der Waals surface area (Å²) in [4.78, 5) is 2.38. The molecule has 2 unspecified atom stereocenters. The number of phenols is 1. The number of aromatic hydroxyl groups is 1. The van der Waals surface area contributed by atoms with Crippen LogP contribution in [0.4, 0.5) is 4.39 Å². The molecule has 0 aliphatic carbocycles. The Balaban J connectivity index is 1.77. The number of halogens is 1. The van der Waals surface area contributed by atoms with Gasteiger partial charge in [0.2, 0.25) is 0 Å². The van der Waals surface area contributed by atoms with Crippen LogP contribution < -0.4 is 5.32 Å². The summed E-state index contributed by atoms with van der Waals surface area (Å²) in [7, 11) is 0. The maximum Gasteiger partial charge on any atom is 0.123 e. The van der Waals surface area contributed by atoms with Crippen LogP contribution >= 0.6 is 0 Å². The van der Waals surface area contributed by atoms with E-state index < -0.39 is 0 Å². The number of benzene rings is 1. The van der Waals surface area contributed by atoms with Crippen LogP contribution in [0.2, 0.25) is 0 Å². The van der Waals surface area contributed by atoms with Crippen molar-refractivity contribution in [3.05, 3.63) is 29.6 Å². The van der Waals surface area contributed by atoms with Crippen LogP contribution in [0.3, 0.4) is 0 Å². The normalized spacial score (nSPS) is 28.3. The molecule has 0 amide bonds. The highest BCUT2D eigenvalue weighted by Crippen LogP contribution is 2.29. The van der Waals surface area contributed by atoms with Crippen molar-refractivity contribution < 1.29 is 9.50 Å². The van der Waals surface area contributed by atoms with E-state index in [1.54, 1.807) is 0 Å². The Hall–Kier alpha value is -1.13. The molecule has 1 aromatic rings. The molecular formula is C14H19FN2O. The summed E-state index contributed by atoms with van der Waals surface area (Å²) in [6.45, 7) is 3.79. The molecular weight excluding hydrogens is 231 g/mol. The van der Waals surface area contributed by atoms with Crippen LogP contribution in [0.5, 0.6) is 5.75 Å². The summed E-state index contributed by atoms with van der Waals surface area (Å²) in [5, 5.41) is 13.2. The number of fused-ring (bicyclic) bond motifs is 1. The van der Waals surface area contributed by atoms with E-state index >= 15 is 0 Å². The van der Waals surface area contributed by atoms with Gasteiger partial charge in [-0.25, -0.2) is 4.39 Å². The standard InChI is InChI=1S/C14H19FN2O/c15-12-3-4-14(18)11(6-12)9-17-5-1-2-10-7-16-8-13(10)17/h3-4,6,10,13,16,18H,1-2,5,7-9H2. The first-order valence-electron chi connectivity index (χ1n) is 6.66. The third kappa shape index (κ3) is 2.22. The Morgan fingerprint density at radius 1 is 1.39 bits per heavy atom. The molecule has 0 saturated carbocycles. The largest absolute Gasteiger partial charge is 0.508 e. The van der Waals surface area contributed by atoms with Crippen LogP contribution in [-0.4, -0.2) is 35.7 Å². The van der Waals surface area contributed by atoms with E-state index in [0.717, 1.165) is 25.6 Å². The van der Waals surface area contributed by atoms with Gasteiger partial charge >= 0.3 is 0 Å². The van der Waals surface area contributed by atoms with Crippen molar-refractivity contribution in [1.82, 2.24) is 10.2 Å². The first-order chi connectivity index (χ1) is 8.74. The topological polar surface area (TPSA) is 35.5 Å². The summed E-state index contributed by atoms with van der Waals surface area (Å²) in [6, 6.07) is 4.73. The second kappa shape index (κ2) is 4.86. The molecule has 2 fully saturated rings. The van der Waals surface area contributed by atoms with Crippen molar-refractivity contribution in [3.63, 3.8) is 0 Å². The fourth-order valence-electron chi connectivity index (χ4n) is 3.26. The van der Waals surface area contributed by atoms with Crippen molar-refractivity contribution in [2.24, 2.45) is 5.92 Å². The zero-order chi connectivity index (χ0) is 12.5. The molecule has 2 N–H and O–H groups in total. The molecule has 0 spiro atoms. The van der Waals surface area contributed by atoms with Crippen molar-refractivity contribution in [3.8, 4) is 5.75 Å². The molecule has 2 aliphatic rings. The van der Waals surface area contributed by atoms with E-state index in [1.165, 1.54) is 31.0 Å². The average Bonchev–Trinajstić information content (AvgIpc) is 2.83. The average molecular weight is 250 g/mol. The maximum absolute atomic E-state index is 13.2. The molecule has 2 aliphatic heterocycles. The van der Waals surface area contributed by atoms with Crippen LogP contribution in [0.1, 0.15) is 18.4 Å². The molecule has 0 bridgehead atoms. The summed E-state index contributed by atoms with van der Waals surface area (Å²) < 4.78 is 13.2. The molecule has 3 rings (SSSR count). The number of nitrogens with one attached hydrogen (secondary N) is 1. The minimum atomic E-state index is -0.277. The lowest BCUT2D eigenvalue weighted by Gasteiger charge is -2.37. The highest BCUT2D eigenvalue weighted by Gasteiger charge is 2.34. The number of hydrogen-bond donors (Lipinski definition) is 2. The number of piperidine rings is 1. The van der Waals surface area contributed by atoms with Crippen molar-refractivity contribution in [2.45, 2.75) is 25.4 Å². The van der Waals surface area contributed by atoms with E-state index in [-0.39, 0.29) is 11.6 Å². The molecule has 1 aromatic carbocycles. The molecule has 4 heteroatoms. The van der Waals surface area contributed by atoms with Gasteiger partial charge < -0.3 is 10.4 Å². The van der Waals surface area contributed by atoms with E-state index in [2.05, 4.69) is 10.2 Å². The Kier molecular flexibility index (Phi) is 3.22. The first-order valence-corrected chi connectivity index (χ1v) is 6.66. The Morgan fingerprint density at radius 2 is 2.28 bits per heavy atom. The van der Waals surface area contributed by atoms with Crippen LogP contribution in [0.25, 0.3) is 0 Å². The Labute approximate surface area is 107 Å². The van der Waals surface area contributed by atoms with Gasteiger partial charge in [-0.05, 0) is 50.0 Å². The molecule has 0 radical (unpaired) electrons. The van der Waals surface area contributed by atoms with Crippen molar-refractivity contribution in [2.75, 3.05) is 19.6 Å². The smallest absolute Gasteiger partial charge is 0.123 e. The highest BCUT2D eigenvalue weighted by molar-refractivity contribution is 5.32. The molecule has 18 heavy (non-hydrogen) atoms. The monoisotopic (exact) mass is 250 g/mol. The van der Waals surface area contributed by atoms with Gasteiger partial charge in [0.05, 0.1) is 0 Å². The summed E-state index contributed by atoms with van der Waals surface area (Å²) in [6.07, 6.45) is 2.47. The van der Waals surface area contributed by atoms with Crippen LogP contribution in [-0.2, 0) is 6.54 Å². The van der Waals surface area contributed by atoms with Gasteiger partial charge in [-0.15, -0.1) is 0 Å². The number of likely N-dealkylation sites (tertiary alicyclic amines) is 1. The lowest BCUT2D eigenvalue weighted by molar-refractivity contribution is 0.116. The zero-order valence-electron chi connectivity index (χ0n) is 10.4. The molecule has 3 nitrogen and oxygen atoms in total. The third-order valence-electron chi connectivity index (χ3n) is 4.21. The molecule has 2 atom stereocenters. The second-order valence-electron chi connectivity index (χ2n) is 5.37. The van der Waals surface area contributed by atoms with E-state index in [1.807, 2.05) is 0 Å².